The predicted octanol–water partition coefficient (Wildman–Crippen LogP) is 3.73. The Morgan fingerprint density at radius 2 is 2.00 bits per heavy atom. The van der Waals surface area contributed by atoms with Crippen LogP contribution in [0, 0.1) is 0 Å². The number of hydrogen-bond acceptors (Lipinski definition) is 3. The van der Waals surface area contributed by atoms with Crippen molar-refractivity contribution in [3.8, 4) is 0 Å². The van der Waals surface area contributed by atoms with E-state index in [1.54, 1.807) is 12.1 Å². The summed E-state index contributed by atoms with van der Waals surface area (Å²) in [4.78, 5) is 12.4. The van der Waals surface area contributed by atoms with Crippen LogP contribution in [0.15, 0.2) is 36.4 Å². The van der Waals surface area contributed by atoms with Gasteiger partial charge < -0.3 is 15.4 Å². The molecule has 2 heterocycles. The molecule has 0 fully saturated rings. The van der Waals surface area contributed by atoms with Crippen LogP contribution in [-0.2, 0) is 16.1 Å². The van der Waals surface area contributed by atoms with Crippen molar-refractivity contribution in [1.82, 2.24) is 0 Å². The van der Waals surface area contributed by atoms with Gasteiger partial charge in [-0.2, -0.15) is 0 Å². The summed E-state index contributed by atoms with van der Waals surface area (Å²) in [5, 5.41) is 6.55. The molecule has 0 aliphatic carbocycles. The van der Waals surface area contributed by atoms with E-state index in [4.69, 9.17) is 16.3 Å². The molecule has 2 N–H and O–H groups in total. The average molecular weight is 313 g/mol. The first kappa shape index (κ1) is 13.2. The molecule has 0 spiro atoms. The van der Waals surface area contributed by atoms with Crippen LogP contribution in [0.1, 0.15) is 16.7 Å². The number of nitrogens with one attached hydrogen (secondary N) is 2. The molecule has 0 bridgehead atoms. The molecule has 22 heavy (non-hydrogen) atoms. The molecule has 0 unspecified atom stereocenters. The van der Waals surface area contributed by atoms with E-state index in [0.717, 1.165) is 28.1 Å². The first-order valence-electron chi connectivity index (χ1n) is 6.97. The summed E-state index contributed by atoms with van der Waals surface area (Å²) in [5.41, 5.74) is 5.19. The maximum atomic E-state index is 12.4. The average Bonchev–Trinajstić information content (AvgIpc) is 3.05. The van der Waals surface area contributed by atoms with Crippen LogP contribution in [0.5, 0.6) is 0 Å². The predicted molar refractivity (Wildman–Crippen MR) is 87.7 cm³/mol. The summed E-state index contributed by atoms with van der Waals surface area (Å²) in [6.45, 7) is 0.472. The number of hydrogen-bond donors (Lipinski definition) is 2. The molecule has 0 saturated carbocycles. The summed E-state index contributed by atoms with van der Waals surface area (Å²) in [6, 6.07) is 11.4. The topological polar surface area (TPSA) is 50.4 Å². The Labute approximate surface area is 132 Å². The molecule has 2 aromatic rings. The van der Waals surface area contributed by atoms with Gasteiger partial charge in [-0.3, -0.25) is 4.79 Å². The van der Waals surface area contributed by atoms with E-state index >= 15 is 0 Å². The lowest BCUT2D eigenvalue weighted by molar-refractivity contribution is -0.110. The molecular weight excluding hydrogens is 300 g/mol. The Balaban J connectivity index is 1.90. The smallest absolute Gasteiger partial charge is 0.260 e. The molecule has 4 nitrogen and oxygen atoms in total. The number of anilines is 2. The highest BCUT2D eigenvalue weighted by Gasteiger charge is 2.32. The van der Waals surface area contributed by atoms with Crippen molar-refractivity contribution in [2.45, 2.75) is 6.61 Å². The van der Waals surface area contributed by atoms with Gasteiger partial charge in [0.25, 0.3) is 5.91 Å². The van der Waals surface area contributed by atoms with Gasteiger partial charge in [0.1, 0.15) is 12.4 Å². The number of carbonyl (C=O) groups is 1. The fourth-order valence-corrected chi connectivity index (χ4v) is 3.07. The van der Waals surface area contributed by atoms with E-state index in [1.165, 1.54) is 0 Å². The lowest BCUT2D eigenvalue weighted by Gasteiger charge is -2.06. The van der Waals surface area contributed by atoms with E-state index in [-0.39, 0.29) is 5.91 Å². The second kappa shape index (κ2) is 4.78. The summed E-state index contributed by atoms with van der Waals surface area (Å²) in [5.74, 6) is 0.481. The van der Waals surface area contributed by atoms with Crippen LogP contribution >= 0.6 is 11.6 Å². The molecule has 0 radical (unpaired) electrons. The fraction of sp³-hybridized carbons (Fsp3) is 0.118. The van der Waals surface area contributed by atoms with Crippen molar-refractivity contribution in [3.63, 3.8) is 0 Å². The van der Waals surface area contributed by atoms with Crippen LogP contribution in [0.2, 0.25) is 5.02 Å². The molecule has 0 saturated heterocycles. The molecule has 0 aromatic heterocycles. The number of benzene rings is 2. The lowest BCUT2D eigenvalue weighted by Crippen LogP contribution is -2.05. The van der Waals surface area contributed by atoms with Gasteiger partial charge in [0.05, 0.1) is 11.3 Å². The number of fused-ring (bicyclic) bond motifs is 2. The molecule has 2 aliphatic rings. The number of rotatable bonds is 1. The quantitative estimate of drug-likeness (QED) is 0.789. The summed E-state index contributed by atoms with van der Waals surface area (Å²) in [6.07, 6.45) is 0. The van der Waals surface area contributed by atoms with Gasteiger partial charge in [-0.15, -0.1) is 0 Å². The monoisotopic (exact) mass is 312 g/mol. The van der Waals surface area contributed by atoms with Crippen molar-refractivity contribution in [2.75, 3.05) is 17.7 Å². The summed E-state index contributed by atoms with van der Waals surface area (Å²) >= 11 is 5.99. The van der Waals surface area contributed by atoms with E-state index in [0.29, 0.717) is 23.0 Å². The SMILES string of the molecule is CNc1ccc2c(c1)COC2=C1C(=O)Nc2cc(Cl)ccc21. The van der Waals surface area contributed by atoms with E-state index < -0.39 is 0 Å². The van der Waals surface area contributed by atoms with Gasteiger partial charge in [0.2, 0.25) is 0 Å². The molecule has 1 amide bonds. The van der Waals surface area contributed by atoms with Gasteiger partial charge in [0.15, 0.2) is 0 Å². The van der Waals surface area contributed by atoms with Crippen molar-refractivity contribution < 1.29 is 9.53 Å². The zero-order chi connectivity index (χ0) is 15.3. The van der Waals surface area contributed by atoms with Crippen molar-refractivity contribution >= 4 is 40.2 Å². The second-order valence-corrected chi connectivity index (χ2v) is 5.70. The Morgan fingerprint density at radius 3 is 2.82 bits per heavy atom. The minimum Gasteiger partial charge on any atom is -0.487 e. The maximum absolute atomic E-state index is 12.4. The number of amides is 1. The molecule has 2 aliphatic heterocycles. The highest BCUT2D eigenvalue weighted by Crippen LogP contribution is 2.42. The first-order chi connectivity index (χ1) is 10.7. The number of ether oxygens (including phenoxy) is 1. The third-order valence-corrected chi connectivity index (χ3v) is 4.20. The second-order valence-electron chi connectivity index (χ2n) is 5.26. The normalized spacial score (nSPS) is 18.5. The van der Waals surface area contributed by atoms with Crippen LogP contribution in [0.3, 0.4) is 0 Å². The van der Waals surface area contributed by atoms with E-state index in [1.807, 2.05) is 31.3 Å². The third kappa shape index (κ3) is 1.88. The van der Waals surface area contributed by atoms with E-state index in [9.17, 15) is 4.79 Å². The molecule has 5 heteroatoms. The highest BCUT2D eigenvalue weighted by molar-refractivity contribution is 6.37. The summed E-state index contributed by atoms with van der Waals surface area (Å²) in [7, 11) is 1.88. The van der Waals surface area contributed by atoms with Gasteiger partial charge in [0, 0.05) is 34.4 Å². The van der Waals surface area contributed by atoms with Crippen molar-refractivity contribution in [2.24, 2.45) is 0 Å². The van der Waals surface area contributed by atoms with Gasteiger partial charge >= 0.3 is 0 Å². The summed E-state index contributed by atoms with van der Waals surface area (Å²) < 4.78 is 5.82. The molecule has 0 atom stereocenters. The molecule has 4 rings (SSSR count). The van der Waals surface area contributed by atoms with Crippen molar-refractivity contribution in [1.29, 1.82) is 0 Å². The third-order valence-electron chi connectivity index (χ3n) is 3.96. The molecule has 2 aromatic carbocycles. The Kier molecular flexibility index (Phi) is 2.87. The van der Waals surface area contributed by atoms with Gasteiger partial charge in [-0.1, -0.05) is 17.7 Å². The van der Waals surface area contributed by atoms with E-state index in [2.05, 4.69) is 10.6 Å². The Morgan fingerprint density at radius 1 is 1.18 bits per heavy atom. The van der Waals surface area contributed by atoms with Crippen LogP contribution in [0.4, 0.5) is 11.4 Å². The van der Waals surface area contributed by atoms with Gasteiger partial charge in [-0.05, 0) is 30.3 Å². The Bertz CT molecular complexity index is 843. The Hall–Kier alpha value is -2.46. The number of carbonyl (C=O) groups excluding carboxylic acids is 1. The van der Waals surface area contributed by atoms with Crippen LogP contribution < -0.4 is 10.6 Å². The minimum absolute atomic E-state index is 0.155. The van der Waals surface area contributed by atoms with Crippen LogP contribution in [0.25, 0.3) is 11.3 Å². The standard InChI is InChI=1S/C17H13ClN2O2/c1-19-11-3-5-12-9(6-11)8-22-16(12)15-13-4-2-10(18)7-14(13)20-17(15)21/h2-7,19H,8H2,1H3,(H,20,21). The molecular formula is C17H13ClN2O2. The largest absolute Gasteiger partial charge is 0.487 e. The zero-order valence-electron chi connectivity index (χ0n) is 11.9. The fourth-order valence-electron chi connectivity index (χ4n) is 2.90. The maximum Gasteiger partial charge on any atom is 0.260 e. The number of halogens is 1. The first-order valence-corrected chi connectivity index (χ1v) is 7.34. The zero-order valence-corrected chi connectivity index (χ0v) is 12.6. The van der Waals surface area contributed by atoms with Crippen LogP contribution in [-0.4, -0.2) is 13.0 Å². The lowest BCUT2D eigenvalue weighted by atomic mass is 10.0. The molecule has 110 valence electrons. The van der Waals surface area contributed by atoms with Crippen molar-refractivity contribution in [3.05, 3.63) is 58.1 Å². The van der Waals surface area contributed by atoms with Gasteiger partial charge in [-0.25, -0.2) is 0 Å². The highest BCUT2D eigenvalue weighted by atomic mass is 35.5. The minimum atomic E-state index is -0.155.